The van der Waals surface area contributed by atoms with E-state index in [2.05, 4.69) is 0 Å². The highest BCUT2D eigenvalue weighted by atomic mass is 35.5. The summed E-state index contributed by atoms with van der Waals surface area (Å²) in [7, 11) is 1.58. The maximum Gasteiger partial charge on any atom is 0.300 e. The summed E-state index contributed by atoms with van der Waals surface area (Å²) in [5.41, 5.74) is 2.80. The number of carbonyl (C=O) groups excluding carboxylic acids is 2. The summed E-state index contributed by atoms with van der Waals surface area (Å²) < 4.78 is 19.2. The first kappa shape index (κ1) is 24.5. The number of methoxy groups -OCH3 is 1. The number of benzene rings is 3. The van der Waals surface area contributed by atoms with E-state index < -0.39 is 23.5 Å². The number of aryl methyl sites for hydroxylation is 1. The van der Waals surface area contributed by atoms with Crippen molar-refractivity contribution in [3.8, 4) is 5.75 Å². The zero-order valence-electron chi connectivity index (χ0n) is 19.8. The number of Topliss-reactive ketones (excluding diaryl/α,β-unsaturated/α-hetero) is 1. The van der Waals surface area contributed by atoms with E-state index in [1.807, 2.05) is 13.8 Å². The molecule has 0 radical (unpaired) electrons. The molecule has 1 N–H and O–H groups in total. The third kappa shape index (κ3) is 4.42. The van der Waals surface area contributed by atoms with Gasteiger partial charge in [-0.25, -0.2) is 4.39 Å². The minimum Gasteiger partial charge on any atom is -0.507 e. The van der Waals surface area contributed by atoms with Gasteiger partial charge in [0.25, 0.3) is 11.7 Å². The van der Waals surface area contributed by atoms with E-state index >= 15 is 0 Å². The molecule has 1 aliphatic heterocycles. The zero-order chi connectivity index (χ0) is 25.4. The number of halogens is 2. The molecular formula is C28H25ClFNO4. The monoisotopic (exact) mass is 493 g/mol. The third-order valence-electron chi connectivity index (χ3n) is 6.19. The fourth-order valence-electron chi connectivity index (χ4n) is 4.39. The largest absolute Gasteiger partial charge is 0.507 e. The average Bonchev–Trinajstić information content (AvgIpc) is 3.09. The van der Waals surface area contributed by atoms with Crippen LogP contribution in [-0.4, -0.2) is 23.9 Å². The number of carbonyl (C=O) groups is 2. The van der Waals surface area contributed by atoms with E-state index in [-0.39, 0.29) is 17.3 Å². The Bertz CT molecular complexity index is 1330. The maximum atomic E-state index is 13.7. The predicted molar refractivity (Wildman–Crippen MR) is 134 cm³/mol. The fraction of sp³-hybridized carbons (Fsp3) is 0.214. The van der Waals surface area contributed by atoms with Gasteiger partial charge >= 0.3 is 0 Å². The van der Waals surface area contributed by atoms with Crippen LogP contribution >= 0.6 is 11.6 Å². The Kier molecular flexibility index (Phi) is 6.68. The lowest BCUT2D eigenvalue weighted by atomic mass is 9.91. The first-order valence-corrected chi connectivity index (χ1v) is 11.5. The van der Waals surface area contributed by atoms with Crippen LogP contribution in [0.2, 0.25) is 5.02 Å². The summed E-state index contributed by atoms with van der Waals surface area (Å²) in [6.07, 6.45) is 0. The van der Waals surface area contributed by atoms with Crippen LogP contribution in [0.3, 0.4) is 0 Å². The second-order valence-electron chi connectivity index (χ2n) is 8.76. The van der Waals surface area contributed by atoms with Gasteiger partial charge in [0.2, 0.25) is 0 Å². The van der Waals surface area contributed by atoms with E-state index in [1.54, 1.807) is 50.4 Å². The first-order valence-electron chi connectivity index (χ1n) is 11.1. The van der Waals surface area contributed by atoms with Crippen molar-refractivity contribution in [1.82, 2.24) is 0 Å². The molecular weight excluding hydrogens is 469 g/mol. The Morgan fingerprint density at radius 1 is 1.06 bits per heavy atom. The summed E-state index contributed by atoms with van der Waals surface area (Å²) >= 11 is 6.02. The molecule has 3 aromatic rings. The molecule has 1 fully saturated rings. The number of aliphatic hydroxyl groups excluding tert-OH is 1. The highest BCUT2D eigenvalue weighted by Gasteiger charge is 2.47. The average molecular weight is 494 g/mol. The van der Waals surface area contributed by atoms with Crippen molar-refractivity contribution in [2.24, 2.45) is 0 Å². The molecule has 180 valence electrons. The second kappa shape index (κ2) is 9.55. The van der Waals surface area contributed by atoms with E-state index in [0.29, 0.717) is 33.1 Å². The van der Waals surface area contributed by atoms with Crippen LogP contribution in [0.5, 0.6) is 5.75 Å². The Balaban J connectivity index is 1.98. The summed E-state index contributed by atoms with van der Waals surface area (Å²) in [6.45, 7) is 5.79. The van der Waals surface area contributed by atoms with Crippen molar-refractivity contribution >= 4 is 34.7 Å². The van der Waals surface area contributed by atoms with Crippen LogP contribution in [0.1, 0.15) is 48.1 Å². The molecule has 4 rings (SSSR count). The number of ether oxygens (including phenoxy) is 1. The van der Waals surface area contributed by atoms with Gasteiger partial charge in [-0.1, -0.05) is 37.6 Å². The number of rotatable bonds is 5. The topological polar surface area (TPSA) is 66.8 Å². The Labute approximate surface area is 208 Å². The van der Waals surface area contributed by atoms with Crippen LogP contribution < -0.4 is 9.64 Å². The van der Waals surface area contributed by atoms with Gasteiger partial charge in [0, 0.05) is 16.3 Å². The number of anilines is 1. The normalized spacial score (nSPS) is 17.3. The predicted octanol–water partition coefficient (Wildman–Crippen LogP) is 6.55. The molecule has 0 aromatic heterocycles. The second-order valence-corrected chi connectivity index (χ2v) is 9.20. The summed E-state index contributed by atoms with van der Waals surface area (Å²) in [6, 6.07) is 14.6. The number of amides is 1. The number of nitrogens with zero attached hydrogens (tertiary/aromatic N) is 1. The lowest BCUT2D eigenvalue weighted by Gasteiger charge is -2.26. The van der Waals surface area contributed by atoms with Crippen LogP contribution in [0.15, 0.2) is 66.2 Å². The van der Waals surface area contributed by atoms with Crippen molar-refractivity contribution in [3.05, 3.63) is 99.3 Å². The van der Waals surface area contributed by atoms with Crippen molar-refractivity contribution < 1.29 is 23.8 Å². The minimum absolute atomic E-state index is 0.0699. The van der Waals surface area contributed by atoms with E-state index in [1.165, 1.54) is 29.2 Å². The Morgan fingerprint density at radius 2 is 1.69 bits per heavy atom. The smallest absolute Gasteiger partial charge is 0.300 e. The number of hydrogen-bond donors (Lipinski definition) is 1. The quantitative estimate of drug-likeness (QED) is 0.249. The Morgan fingerprint density at radius 3 is 2.26 bits per heavy atom. The molecule has 0 spiro atoms. The molecule has 0 saturated carbocycles. The molecule has 1 amide bonds. The molecule has 0 aliphatic carbocycles. The number of hydrogen-bond acceptors (Lipinski definition) is 4. The zero-order valence-corrected chi connectivity index (χ0v) is 20.6. The number of aliphatic hydroxyl groups is 1. The number of ketones is 1. The minimum atomic E-state index is -0.958. The van der Waals surface area contributed by atoms with Gasteiger partial charge in [-0.2, -0.15) is 0 Å². The Hall–Kier alpha value is -3.64. The molecule has 5 nitrogen and oxygen atoms in total. The molecule has 1 unspecified atom stereocenters. The summed E-state index contributed by atoms with van der Waals surface area (Å²) in [4.78, 5) is 27.9. The van der Waals surface area contributed by atoms with Gasteiger partial charge in [0.15, 0.2) is 0 Å². The lowest BCUT2D eigenvalue weighted by Crippen LogP contribution is -2.29. The van der Waals surface area contributed by atoms with Gasteiger partial charge in [-0.05, 0) is 78.1 Å². The molecule has 1 heterocycles. The van der Waals surface area contributed by atoms with E-state index in [0.717, 1.165) is 5.56 Å². The fourth-order valence-corrected chi connectivity index (χ4v) is 4.51. The first-order chi connectivity index (χ1) is 16.6. The molecule has 1 atom stereocenters. The van der Waals surface area contributed by atoms with Crippen LogP contribution in [0.4, 0.5) is 10.1 Å². The van der Waals surface area contributed by atoms with Crippen LogP contribution in [-0.2, 0) is 9.59 Å². The van der Waals surface area contributed by atoms with Crippen molar-refractivity contribution in [2.75, 3.05) is 12.0 Å². The van der Waals surface area contributed by atoms with Gasteiger partial charge in [0.1, 0.15) is 17.3 Å². The van der Waals surface area contributed by atoms with Gasteiger partial charge in [-0.15, -0.1) is 0 Å². The van der Waals surface area contributed by atoms with Crippen molar-refractivity contribution in [3.63, 3.8) is 0 Å². The highest BCUT2D eigenvalue weighted by Crippen LogP contribution is 2.43. The highest BCUT2D eigenvalue weighted by molar-refractivity contribution is 6.51. The van der Waals surface area contributed by atoms with Gasteiger partial charge < -0.3 is 9.84 Å². The SMILES string of the molecule is COc1cc(C)c(/C(O)=C2\C(=O)C(=O)N(c3ccc(Cl)cc3)C2c2ccc(F)cc2)cc1C(C)C. The third-order valence-corrected chi connectivity index (χ3v) is 6.44. The maximum absolute atomic E-state index is 13.7. The van der Waals surface area contributed by atoms with Crippen LogP contribution in [0, 0.1) is 12.7 Å². The molecule has 1 aliphatic rings. The van der Waals surface area contributed by atoms with Gasteiger partial charge in [-0.3, -0.25) is 14.5 Å². The van der Waals surface area contributed by atoms with E-state index in [4.69, 9.17) is 16.3 Å². The van der Waals surface area contributed by atoms with Gasteiger partial charge in [0.05, 0.1) is 18.7 Å². The van der Waals surface area contributed by atoms with Crippen molar-refractivity contribution in [1.29, 1.82) is 0 Å². The lowest BCUT2D eigenvalue weighted by molar-refractivity contribution is -0.132. The molecule has 0 bridgehead atoms. The molecule has 3 aromatic carbocycles. The summed E-state index contributed by atoms with van der Waals surface area (Å²) in [5.74, 6) is -1.61. The standard InChI is InChI=1S/C28H25ClFNO4/c1-15(2)21-14-22(16(3)13-23(21)35-4)26(32)24-25(17-5-9-19(30)10-6-17)31(28(34)27(24)33)20-11-7-18(29)8-12-20/h5-15,25,32H,1-4H3/b26-24+. The molecule has 7 heteroatoms. The molecule has 1 saturated heterocycles. The van der Waals surface area contributed by atoms with E-state index in [9.17, 15) is 19.1 Å². The molecule has 35 heavy (non-hydrogen) atoms. The van der Waals surface area contributed by atoms with Crippen LogP contribution in [0.25, 0.3) is 5.76 Å². The van der Waals surface area contributed by atoms with Crippen molar-refractivity contribution in [2.45, 2.75) is 32.7 Å². The summed E-state index contributed by atoms with van der Waals surface area (Å²) in [5, 5.41) is 12.0.